The second kappa shape index (κ2) is 6.14. The maximum atomic E-state index is 11.5. The van der Waals surface area contributed by atoms with Gasteiger partial charge < -0.3 is 10.4 Å². The van der Waals surface area contributed by atoms with Gasteiger partial charge in [0.1, 0.15) is 0 Å². The van der Waals surface area contributed by atoms with E-state index in [0.29, 0.717) is 11.5 Å². The predicted octanol–water partition coefficient (Wildman–Crippen LogP) is 5.51. The number of nitrogens with one attached hydrogen (secondary N) is 1. The summed E-state index contributed by atoms with van der Waals surface area (Å²) in [6, 6.07) is 22.0. The first-order valence-electron chi connectivity index (χ1n) is 9.09. The molecule has 3 atom stereocenters. The van der Waals surface area contributed by atoms with Gasteiger partial charge in [0, 0.05) is 16.6 Å². The number of hydrogen-bond acceptors (Lipinski definition) is 2. The molecular formula is C23H18ClNO2. The van der Waals surface area contributed by atoms with Crippen molar-refractivity contribution in [3.8, 4) is 0 Å². The van der Waals surface area contributed by atoms with E-state index in [4.69, 9.17) is 11.6 Å². The molecule has 0 unspecified atom stereocenters. The van der Waals surface area contributed by atoms with Crippen molar-refractivity contribution in [1.82, 2.24) is 0 Å². The number of hydrogen-bond donors (Lipinski definition) is 2. The fourth-order valence-electron chi connectivity index (χ4n) is 4.72. The second-order valence-corrected chi connectivity index (χ2v) is 7.77. The van der Waals surface area contributed by atoms with E-state index in [-0.39, 0.29) is 12.0 Å². The van der Waals surface area contributed by atoms with E-state index in [9.17, 15) is 9.90 Å². The highest BCUT2D eigenvalue weighted by Crippen LogP contribution is 2.54. The molecule has 4 heteroatoms. The van der Waals surface area contributed by atoms with Crippen molar-refractivity contribution in [2.24, 2.45) is 5.92 Å². The molecule has 0 saturated heterocycles. The lowest BCUT2D eigenvalue weighted by Gasteiger charge is -2.38. The molecule has 1 aliphatic heterocycles. The number of rotatable bonds is 2. The van der Waals surface area contributed by atoms with Crippen molar-refractivity contribution in [3.05, 3.63) is 99.6 Å². The van der Waals surface area contributed by atoms with Crippen LogP contribution in [0.25, 0.3) is 0 Å². The Kier molecular flexibility index (Phi) is 3.73. The molecule has 0 aromatic heterocycles. The minimum absolute atomic E-state index is 0.129. The lowest BCUT2D eigenvalue weighted by Crippen LogP contribution is -2.30. The van der Waals surface area contributed by atoms with E-state index in [1.807, 2.05) is 30.3 Å². The Morgan fingerprint density at radius 2 is 1.85 bits per heavy atom. The van der Waals surface area contributed by atoms with Crippen molar-refractivity contribution in [1.29, 1.82) is 0 Å². The molecule has 134 valence electrons. The van der Waals surface area contributed by atoms with E-state index in [2.05, 4.69) is 35.6 Å². The smallest absolute Gasteiger partial charge is 0.335 e. The molecular weight excluding hydrogens is 358 g/mol. The number of carboxylic acid groups (broad SMARTS) is 1. The molecule has 1 aliphatic carbocycles. The minimum atomic E-state index is -0.891. The molecule has 0 spiro atoms. The number of carbonyl (C=O) groups is 1. The average molecular weight is 376 g/mol. The van der Waals surface area contributed by atoms with Gasteiger partial charge in [-0.05, 0) is 64.9 Å². The van der Waals surface area contributed by atoms with Crippen LogP contribution >= 0.6 is 11.6 Å². The van der Waals surface area contributed by atoms with Gasteiger partial charge in [0.2, 0.25) is 0 Å². The van der Waals surface area contributed by atoms with Crippen LogP contribution in [0.1, 0.15) is 44.6 Å². The van der Waals surface area contributed by atoms with Crippen molar-refractivity contribution < 1.29 is 9.90 Å². The third kappa shape index (κ3) is 2.62. The van der Waals surface area contributed by atoms with Crippen LogP contribution in [0.3, 0.4) is 0 Å². The molecule has 0 fully saturated rings. The minimum Gasteiger partial charge on any atom is -0.478 e. The van der Waals surface area contributed by atoms with E-state index >= 15 is 0 Å². The highest BCUT2D eigenvalue weighted by atomic mass is 35.5. The van der Waals surface area contributed by atoms with Crippen LogP contribution in [0.15, 0.2) is 66.7 Å². The van der Waals surface area contributed by atoms with Crippen molar-refractivity contribution in [3.63, 3.8) is 0 Å². The van der Waals surface area contributed by atoms with E-state index < -0.39 is 5.97 Å². The number of aromatic carboxylic acids is 1. The van der Waals surface area contributed by atoms with Crippen molar-refractivity contribution in [2.75, 3.05) is 5.32 Å². The number of carboxylic acids is 1. The Balaban J connectivity index is 1.69. The first-order valence-corrected chi connectivity index (χ1v) is 9.46. The van der Waals surface area contributed by atoms with Gasteiger partial charge in [-0.1, -0.05) is 48.0 Å². The SMILES string of the molecule is O=C(O)c1ccc2c(c1)[C@@H]1c3ccccc3C[C@@H]1[C@H](c1cccc(Cl)c1)N2. The predicted molar refractivity (Wildman–Crippen MR) is 107 cm³/mol. The molecule has 0 bridgehead atoms. The summed E-state index contributed by atoms with van der Waals surface area (Å²) >= 11 is 6.26. The van der Waals surface area contributed by atoms with Gasteiger partial charge in [-0.2, -0.15) is 0 Å². The highest BCUT2D eigenvalue weighted by molar-refractivity contribution is 6.30. The summed E-state index contributed by atoms with van der Waals surface area (Å²) in [5.41, 5.74) is 6.22. The number of anilines is 1. The molecule has 27 heavy (non-hydrogen) atoms. The van der Waals surface area contributed by atoms with Gasteiger partial charge in [-0.3, -0.25) is 0 Å². The lowest BCUT2D eigenvalue weighted by atomic mass is 9.75. The number of fused-ring (bicyclic) bond motifs is 5. The summed E-state index contributed by atoms with van der Waals surface area (Å²) in [4.78, 5) is 11.5. The molecule has 1 heterocycles. The van der Waals surface area contributed by atoms with Crippen molar-refractivity contribution >= 4 is 23.3 Å². The number of halogens is 1. The summed E-state index contributed by atoms with van der Waals surface area (Å²) in [6.45, 7) is 0. The maximum Gasteiger partial charge on any atom is 0.335 e. The van der Waals surface area contributed by atoms with Gasteiger partial charge in [-0.15, -0.1) is 0 Å². The zero-order valence-electron chi connectivity index (χ0n) is 14.5. The van der Waals surface area contributed by atoms with E-state index in [0.717, 1.165) is 22.7 Å². The quantitative estimate of drug-likeness (QED) is 0.621. The first-order chi connectivity index (χ1) is 13.1. The van der Waals surface area contributed by atoms with Crippen LogP contribution < -0.4 is 5.32 Å². The Labute approximate surface area is 162 Å². The molecule has 3 nitrogen and oxygen atoms in total. The Morgan fingerprint density at radius 1 is 1.00 bits per heavy atom. The summed E-state index contributed by atoms with van der Waals surface area (Å²) in [5, 5.41) is 13.8. The normalized spacial score (nSPS) is 22.3. The van der Waals surface area contributed by atoms with Crippen molar-refractivity contribution in [2.45, 2.75) is 18.4 Å². The van der Waals surface area contributed by atoms with Crippen LogP contribution in [0.2, 0.25) is 5.02 Å². The van der Waals surface area contributed by atoms with E-state index in [1.54, 1.807) is 6.07 Å². The van der Waals surface area contributed by atoms with Crippen LogP contribution in [-0.4, -0.2) is 11.1 Å². The molecule has 3 aromatic rings. The molecule has 0 saturated carbocycles. The average Bonchev–Trinajstić information content (AvgIpc) is 3.06. The molecule has 3 aromatic carbocycles. The molecule has 5 rings (SSSR count). The fourth-order valence-corrected chi connectivity index (χ4v) is 4.92. The van der Waals surface area contributed by atoms with Crippen LogP contribution in [0.4, 0.5) is 5.69 Å². The largest absolute Gasteiger partial charge is 0.478 e. The Bertz CT molecular complexity index is 1060. The summed E-state index contributed by atoms with van der Waals surface area (Å²) in [7, 11) is 0. The summed E-state index contributed by atoms with van der Waals surface area (Å²) in [6.07, 6.45) is 0.960. The lowest BCUT2D eigenvalue weighted by molar-refractivity contribution is 0.0696. The monoisotopic (exact) mass is 375 g/mol. The van der Waals surface area contributed by atoms with Crippen LogP contribution in [0, 0.1) is 5.92 Å². The molecule has 0 radical (unpaired) electrons. The summed E-state index contributed by atoms with van der Waals surface area (Å²) < 4.78 is 0. The van der Waals surface area contributed by atoms with Crippen LogP contribution in [0.5, 0.6) is 0 Å². The third-order valence-electron chi connectivity index (χ3n) is 5.85. The van der Waals surface area contributed by atoms with E-state index in [1.165, 1.54) is 16.7 Å². The van der Waals surface area contributed by atoms with Gasteiger partial charge in [0.15, 0.2) is 0 Å². The zero-order chi connectivity index (χ0) is 18.5. The topological polar surface area (TPSA) is 49.3 Å². The second-order valence-electron chi connectivity index (χ2n) is 7.33. The fraction of sp³-hybridized carbons (Fsp3) is 0.174. The highest BCUT2D eigenvalue weighted by Gasteiger charge is 2.43. The molecule has 2 N–H and O–H groups in total. The van der Waals surface area contributed by atoms with Gasteiger partial charge in [-0.25, -0.2) is 4.79 Å². The molecule has 2 aliphatic rings. The van der Waals surface area contributed by atoms with Crippen LogP contribution in [-0.2, 0) is 6.42 Å². The summed E-state index contributed by atoms with van der Waals surface area (Å²) in [5.74, 6) is -0.393. The standard InChI is InChI=1S/C23H18ClNO2/c24-16-6-3-5-14(10-16)22-19-11-13-4-1-2-7-17(13)21(19)18-12-15(23(26)27)8-9-20(18)25-22/h1-10,12,19,21-22,25H,11H2,(H,26,27)/t19-,21-,22-/m0/s1. The van der Waals surface area contributed by atoms with Gasteiger partial charge >= 0.3 is 5.97 Å². The first kappa shape index (κ1) is 16.4. The molecule has 0 amide bonds. The maximum absolute atomic E-state index is 11.5. The Morgan fingerprint density at radius 3 is 2.67 bits per heavy atom. The zero-order valence-corrected chi connectivity index (χ0v) is 15.3. The van der Waals surface area contributed by atoms with Gasteiger partial charge in [0.25, 0.3) is 0 Å². The van der Waals surface area contributed by atoms with Gasteiger partial charge in [0.05, 0.1) is 11.6 Å². The number of benzene rings is 3. The third-order valence-corrected chi connectivity index (χ3v) is 6.09. The Hall–Kier alpha value is -2.78.